The first kappa shape index (κ1) is 25.6. The third-order valence-corrected chi connectivity index (χ3v) is 5.35. The highest BCUT2D eigenvalue weighted by molar-refractivity contribution is 5.89. The normalized spacial score (nSPS) is 24.4. The lowest BCUT2D eigenvalue weighted by atomic mass is 9.99. The van der Waals surface area contributed by atoms with Gasteiger partial charge in [0.15, 0.2) is 11.5 Å². The fourth-order valence-electron chi connectivity index (χ4n) is 3.58. The van der Waals surface area contributed by atoms with E-state index in [9.17, 15) is 35.7 Å². The minimum Gasteiger partial charge on any atom is -1.00 e. The van der Waals surface area contributed by atoms with Gasteiger partial charge in [0, 0.05) is 18.2 Å². The van der Waals surface area contributed by atoms with Crippen LogP contribution in [0.5, 0.6) is 28.7 Å². The van der Waals surface area contributed by atoms with Gasteiger partial charge >= 0.3 is 11.3 Å². The number of fused-ring (bicyclic) bond motifs is 1. The number of phenolic OH excluding ortho intramolecular Hbond substituents is 3. The van der Waals surface area contributed by atoms with Crippen LogP contribution in [0.2, 0.25) is 0 Å². The highest BCUT2D eigenvalue weighted by Crippen LogP contribution is 2.42. The zero-order valence-electron chi connectivity index (χ0n) is 17.7. The zero-order valence-corrected chi connectivity index (χ0v) is 18.5. The van der Waals surface area contributed by atoms with Gasteiger partial charge in [0.1, 0.15) is 41.3 Å². The molecule has 4 rings (SSSR count). The van der Waals surface area contributed by atoms with E-state index in [1.807, 2.05) is 0 Å². The second-order valence-electron chi connectivity index (χ2n) is 7.52. The van der Waals surface area contributed by atoms with Crippen LogP contribution in [0.4, 0.5) is 0 Å². The molecule has 184 valence electrons. The first-order valence-corrected chi connectivity index (χ1v) is 9.91. The molecule has 0 spiro atoms. The quantitative estimate of drug-likeness (QED) is 0.148. The van der Waals surface area contributed by atoms with Crippen molar-refractivity contribution < 1.29 is 66.8 Å². The van der Waals surface area contributed by atoms with E-state index in [1.54, 1.807) is 0 Å². The molecule has 34 heavy (non-hydrogen) atoms. The van der Waals surface area contributed by atoms with Crippen molar-refractivity contribution >= 4 is 11.0 Å². The van der Waals surface area contributed by atoms with Crippen LogP contribution < -0.4 is 21.9 Å². The van der Waals surface area contributed by atoms with E-state index in [4.69, 9.17) is 18.6 Å². The molecule has 0 bridgehead atoms. The number of halogens is 1. The Morgan fingerprint density at radius 2 is 1.65 bits per heavy atom. The van der Waals surface area contributed by atoms with Gasteiger partial charge in [0.2, 0.25) is 12.0 Å². The summed E-state index contributed by atoms with van der Waals surface area (Å²) in [6.45, 7) is -0.640. The Balaban J connectivity index is 0.00000324. The Morgan fingerprint density at radius 1 is 0.912 bits per heavy atom. The van der Waals surface area contributed by atoms with Gasteiger partial charge in [-0.25, -0.2) is 4.42 Å². The lowest BCUT2D eigenvalue weighted by Crippen LogP contribution is -3.00. The van der Waals surface area contributed by atoms with E-state index in [0.717, 1.165) is 0 Å². The molecular formula is C22H23ClO11. The monoisotopic (exact) mass is 498 g/mol. The molecule has 1 aromatic heterocycles. The summed E-state index contributed by atoms with van der Waals surface area (Å²) in [5, 5.41) is 69.8. The number of aromatic hydroxyl groups is 3. The maximum Gasteiger partial charge on any atom is 0.402 e. The smallest absolute Gasteiger partial charge is 0.402 e. The van der Waals surface area contributed by atoms with E-state index < -0.39 is 43.1 Å². The summed E-state index contributed by atoms with van der Waals surface area (Å²) in [7, 11) is 1.39. The summed E-state index contributed by atoms with van der Waals surface area (Å²) in [4.78, 5) is 0. The van der Waals surface area contributed by atoms with Crippen LogP contribution in [0.1, 0.15) is 0 Å². The number of methoxy groups -OCH3 is 1. The second kappa shape index (κ2) is 10.1. The number of hydrogen-bond acceptors (Lipinski definition) is 10. The van der Waals surface area contributed by atoms with Crippen LogP contribution in [-0.2, 0) is 4.74 Å². The molecule has 2 heterocycles. The van der Waals surface area contributed by atoms with E-state index >= 15 is 0 Å². The maximum atomic E-state index is 10.4. The van der Waals surface area contributed by atoms with E-state index in [1.165, 1.54) is 43.5 Å². The van der Waals surface area contributed by atoms with Crippen molar-refractivity contribution in [2.75, 3.05) is 13.7 Å². The third-order valence-electron chi connectivity index (χ3n) is 5.35. The molecule has 0 unspecified atom stereocenters. The lowest BCUT2D eigenvalue weighted by molar-refractivity contribution is -0.277. The van der Waals surface area contributed by atoms with Crippen LogP contribution in [0.3, 0.4) is 0 Å². The van der Waals surface area contributed by atoms with Gasteiger partial charge in [-0.2, -0.15) is 0 Å². The third kappa shape index (κ3) is 4.62. The van der Waals surface area contributed by atoms with Gasteiger partial charge in [-0.05, 0) is 12.1 Å². The van der Waals surface area contributed by atoms with E-state index in [2.05, 4.69) is 0 Å². The fourth-order valence-corrected chi connectivity index (χ4v) is 3.58. The van der Waals surface area contributed by atoms with Gasteiger partial charge < -0.3 is 62.4 Å². The van der Waals surface area contributed by atoms with Crippen molar-refractivity contribution in [3.63, 3.8) is 0 Å². The van der Waals surface area contributed by atoms with Crippen molar-refractivity contribution in [2.45, 2.75) is 30.7 Å². The SMILES string of the molecule is COc1cc(O)cc2[o+]c(-c3ccc(O)c(O)c3)c(O[C@@H]3O[C@H](CO)[C@H](O)[C@H](O)[C@H]3O)cc12.[Cl-]. The molecule has 1 aliphatic heterocycles. The summed E-state index contributed by atoms with van der Waals surface area (Å²) in [6.07, 6.45) is -7.62. The molecule has 2 aromatic carbocycles. The average molecular weight is 499 g/mol. The predicted octanol–water partition coefficient (Wildman–Crippen LogP) is -2.31. The van der Waals surface area contributed by atoms with Gasteiger partial charge in [0.25, 0.3) is 0 Å². The molecule has 5 atom stereocenters. The Labute approximate surface area is 199 Å². The van der Waals surface area contributed by atoms with Crippen LogP contribution in [0.15, 0.2) is 40.8 Å². The molecule has 1 saturated heterocycles. The highest BCUT2D eigenvalue weighted by Gasteiger charge is 2.45. The Bertz CT molecular complexity index is 1170. The Morgan fingerprint density at radius 3 is 2.29 bits per heavy atom. The van der Waals surface area contributed by atoms with Crippen molar-refractivity contribution in [3.8, 4) is 40.1 Å². The first-order valence-electron chi connectivity index (χ1n) is 9.91. The maximum absolute atomic E-state index is 10.4. The highest BCUT2D eigenvalue weighted by atomic mass is 35.5. The standard InChI is InChI=1S/C22H22O11.ClH/c1-30-14-5-10(24)6-15-11(14)7-16(21(31-15)9-2-3-12(25)13(26)4-9)32-22-20(29)19(28)18(27)17(8-23)33-22;/h2-7,17-20,22-23,27-29H,8H2,1H3,(H2-,24,25,26);1H/t17-,18+,19+,20-,22-;/m1./s1. The van der Waals surface area contributed by atoms with Crippen molar-refractivity contribution in [3.05, 3.63) is 36.4 Å². The summed E-state index contributed by atoms with van der Waals surface area (Å²) >= 11 is 0. The number of aliphatic hydroxyl groups is 4. The average Bonchev–Trinajstić information content (AvgIpc) is 2.80. The van der Waals surface area contributed by atoms with Crippen LogP contribution in [0.25, 0.3) is 22.3 Å². The minimum atomic E-state index is -1.68. The van der Waals surface area contributed by atoms with E-state index in [-0.39, 0.29) is 52.3 Å². The van der Waals surface area contributed by atoms with Crippen LogP contribution in [0, 0.1) is 0 Å². The molecule has 7 N–H and O–H groups in total. The van der Waals surface area contributed by atoms with Crippen molar-refractivity contribution in [2.24, 2.45) is 0 Å². The molecule has 1 aliphatic rings. The number of ether oxygens (including phenoxy) is 3. The lowest BCUT2D eigenvalue weighted by Gasteiger charge is -2.39. The van der Waals surface area contributed by atoms with Gasteiger partial charge in [-0.3, -0.25) is 0 Å². The topological polar surface area (TPSA) is 181 Å². The van der Waals surface area contributed by atoms with Crippen LogP contribution >= 0.6 is 0 Å². The summed E-state index contributed by atoms with van der Waals surface area (Å²) in [5.74, 6) is -0.702. The molecular weight excluding hydrogens is 476 g/mol. The molecule has 0 saturated carbocycles. The number of hydrogen-bond donors (Lipinski definition) is 7. The Kier molecular flexibility index (Phi) is 7.56. The van der Waals surface area contributed by atoms with Gasteiger partial charge in [-0.15, -0.1) is 0 Å². The Hall–Kier alpha value is -3.06. The largest absolute Gasteiger partial charge is 1.00 e. The molecule has 3 aromatic rings. The number of rotatable bonds is 5. The van der Waals surface area contributed by atoms with Crippen molar-refractivity contribution in [1.82, 2.24) is 0 Å². The zero-order chi connectivity index (χ0) is 23.9. The molecule has 0 aliphatic carbocycles. The van der Waals surface area contributed by atoms with E-state index in [0.29, 0.717) is 5.39 Å². The molecule has 0 radical (unpaired) electrons. The summed E-state index contributed by atoms with van der Waals surface area (Å²) in [5.41, 5.74) is 0.449. The number of phenols is 3. The molecule has 11 nitrogen and oxygen atoms in total. The molecule has 1 fully saturated rings. The van der Waals surface area contributed by atoms with Crippen molar-refractivity contribution in [1.29, 1.82) is 0 Å². The first-order chi connectivity index (χ1) is 15.7. The van der Waals surface area contributed by atoms with Crippen LogP contribution in [-0.4, -0.2) is 80.2 Å². The minimum absolute atomic E-state index is 0. The van der Waals surface area contributed by atoms with Gasteiger partial charge in [0.05, 0.1) is 25.3 Å². The number of benzene rings is 2. The fraction of sp³-hybridized carbons (Fsp3) is 0.318. The molecule has 12 heteroatoms. The van der Waals surface area contributed by atoms with Gasteiger partial charge in [-0.1, -0.05) is 0 Å². The number of aliphatic hydroxyl groups excluding tert-OH is 4. The molecule has 0 amide bonds. The summed E-state index contributed by atoms with van der Waals surface area (Å²) in [6, 6.07) is 8.02. The second-order valence-corrected chi connectivity index (χ2v) is 7.52. The predicted molar refractivity (Wildman–Crippen MR) is 112 cm³/mol. The summed E-state index contributed by atoms with van der Waals surface area (Å²) < 4.78 is 22.4.